The van der Waals surface area contributed by atoms with Crippen LogP contribution in [0.4, 0.5) is 0 Å². The van der Waals surface area contributed by atoms with E-state index in [1.165, 1.54) is 0 Å². The number of quaternary nitrogens is 1. The molecule has 0 saturated carbocycles. The van der Waals surface area contributed by atoms with Crippen molar-refractivity contribution in [2.45, 2.75) is 13.3 Å². The van der Waals surface area contributed by atoms with Gasteiger partial charge in [-0.3, -0.25) is 4.65 Å². The van der Waals surface area contributed by atoms with E-state index in [9.17, 15) is 5.21 Å². The fourth-order valence-electron chi connectivity index (χ4n) is 2.56. The maximum absolute atomic E-state index is 13.0. The minimum atomic E-state index is -0.449. The summed E-state index contributed by atoms with van der Waals surface area (Å²) in [7, 11) is 0. The highest BCUT2D eigenvalue weighted by Gasteiger charge is 2.38. The third-order valence-corrected chi connectivity index (χ3v) is 4.30. The highest BCUT2D eigenvalue weighted by Crippen LogP contribution is 2.31. The Morgan fingerprint density at radius 3 is 2.71 bits per heavy atom. The van der Waals surface area contributed by atoms with Crippen LogP contribution in [0, 0.1) is 5.21 Å². The molecular formula is C15H18N4OS. The predicted molar refractivity (Wildman–Crippen MR) is 87.7 cm³/mol. The maximum Gasteiger partial charge on any atom is 0.260 e. The average Bonchev–Trinajstić information content (AvgIpc) is 2.96. The Bertz CT molecular complexity index is 638. The van der Waals surface area contributed by atoms with E-state index in [4.69, 9.17) is 0 Å². The first-order valence-corrected chi connectivity index (χ1v) is 8.24. The van der Waals surface area contributed by atoms with Crippen molar-refractivity contribution in [3.05, 3.63) is 51.8 Å². The number of benzene rings is 1. The second kappa shape index (κ2) is 5.63. The molecule has 1 atom stereocenters. The topological polar surface area (TPSA) is 59.8 Å². The van der Waals surface area contributed by atoms with E-state index in [1.807, 2.05) is 43.5 Å². The molecule has 1 aromatic carbocycles. The lowest BCUT2D eigenvalue weighted by molar-refractivity contribution is -0.793. The number of rotatable bonds is 4. The van der Waals surface area contributed by atoms with Crippen molar-refractivity contribution < 1.29 is 4.65 Å². The summed E-state index contributed by atoms with van der Waals surface area (Å²) >= 11 is 1.57. The van der Waals surface area contributed by atoms with Gasteiger partial charge in [0.25, 0.3) is 5.84 Å². The predicted octanol–water partition coefficient (Wildman–Crippen LogP) is 2.66. The largest absolute Gasteiger partial charge is 0.625 e. The Morgan fingerprint density at radius 2 is 2.05 bits per heavy atom. The van der Waals surface area contributed by atoms with Crippen LogP contribution in [0.1, 0.15) is 18.9 Å². The second-order valence-electron chi connectivity index (χ2n) is 5.07. The molecule has 110 valence electrons. The van der Waals surface area contributed by atoms with Crippen LogP contribution >= 0.6 is 11.8 Å². The number of hydroxylamine groups is 3. The van der Waals surface area contributed by atoms with E-state index in [0.717, 1.165) is 17.0 Å². The van der Waals surface area contributed by atoms with Gasteiger partial charge in [0.15, 0.2) is 18.2 Å². The molecule has 2 aliphatic rings. The molecule has 0 radical (unpaired) electrons. The minimum Gasteiger partial charge on any atom is -0.625 e. The highest BCUT2D eigenvalue weighted by atomic mass is 32.2. The smallest absolute Gasteiger partial charge is 0.260 e. The van der Waals surface area contributed by atoms with Gasteiger partial charge in [-0.05, 0) is 12.7 Å². The molecule has 3 rings (SSSR count). The van der Waals surface area contributed by atoms with Crippen molar-refractivity contribution in [1.82, 2.24) is 5.32 Å². The zero-order valence-electron chi connectivity index (χ0n) is 12.2. The molecular weight excluding hydrogens is 284 g/mol. The van der Waals surface area contributed by atoms with Crippen molar-refractivity contribution in [3.8, 4) is 0 Å². The summed E-state index contributed by atoms with van der Waals surface area (Å²) in [5, 5.41) is 17.1. The molecule has 2 heterocycles. The van der Waals surface area contributed by atoms with Crippen molar-refractivity contribution in [1.29, 1.82) is 0 Å². The Hall–Kier alpha value is -1.63. The first-order chi connectivity index (χ1) is 10.2. The van der Waals surface area contributed by atoms with Crippen LogP contribution in [0.15, 0.2) is 51.0 Å². The van der Waals surface area contributed by atoms with E-state index < -0.39 is 4.65 Å². The number of aliphatic imine (C=N–C) groups is 2. The van der Waals surface area contributed by atoms with Gasteiger partial charge < -0.3 is 10.5 Å². The summed E-state index contributed by atoms with van der Waals surface area (Å²) in [4.78, 5) is 9.17. The van der Waals surface area contributed by atoms with Crippen LogP contribution in [0.25, 0.3) is 0 Å². The number of nitrogens with zero attached hydrogens (tertiary/aromatic N) is 3. The van der Waals surface area contributed by atoms with E-state index in [-0.39, 0.29) is 0 Å². The first-order valence-electron chi connectivity index (χ1n) is 7.02. The molecule has 0 amide bonds. The van der Waals surface area contributed by atoms with Crippen LogP contribution in [0.3, 0.4) is 0 Å². The van der Waals surface area contributed by atoms with Gasteiger partial charge in [-0.1, -0.05) is 37.3 Å². The van der Waals surface area contributed by atoms with Crippen LogP contribution in [-0.2, 0) is 0 Å². The van der Waals surface area contributed by atoms with Crippen LogP contribution in [0.5, 0.6) is 0 Å². The summed E-state index contributed by atoms with van der Waals surface area (Å²) in [6, 6.07) is 9.79. The summed E-state index contributed by atoms with van der Waals surface area (Å²) in [5.41, 5.74) is 1.64. The first kappa shape index (κ1) is 14.3. The van der Waals surface area contributed by atoms with Crippen molar-refractivity contribution in [3.63, 3.8) is 0 Å². The lowest BCUT2D eigenvalue weighted by Crippen LogP contribution is -2.56. The van der Waals surface area contributed by atoms with Gasteiger partial charge >= 0.3 is 0 Å². The highest BCUT2D eigenvalue weighted by molar-refractivity contribution is 8.02. The standard InChI is InChI=1S/C15H18N4OS/c1-3-9-19(20)10-16-15(21-2)12-14(19)18-13(17-12)11-7-5-4-6-8-11/h4-8,16H,3,9-10H2,1-2H3. The molecule has 1 unspecified atom stereocenters. The fraction of sp³-hybridized carbons (Fsp3) is 0.333. The fourth-order valence-corrected chi connectivity index (χ4v) is 3.10. The molecule has 1 N–H and O–H groups in total. The van der Waals surface area contributed by atoms with Gasteiger partial charge in [-0.15, -0.1) is 11.8 Å². The number of amidine groups is 2. The number of hydrogen-bond donors (Lipinski definition) is 1. The van der Waals surface area contributed by atoms with Gasteiger partial charge in [0.1, 0.15) is 5.03 Å². The number of nitrogens with one attached hydrogen (secondary N) is 1. The van der Waals surface area contributed by atoms with Crippen LogP contribution in [0.2, 0.25) is 0 Å². The quantitative estimate of drug-likeness (QED) is 0.687. The molecule has 1 aromatic rings. The normalized spacial score (nSPS) is 24.3. The summed E-state index contributed by atoms with van der Waals surface area (Å²) in [6.07, 6.45) is 2.79. The van der Waals surface area contributed by atoms with Crippen LogP contribution in [-0.4, -0.2) is 35.8 Å². The van der Waals surface area contributed by atoms with Gasteiger partial charge in [-0.2, -0.15) is 4.99 Å². The summed E-state index contributed by atoms with van der Waals surface area (Å²) in [6.45, 7) is 2.85. The van der Waals surface area contributed by atoms with Gasteiger partial charge in [-0.25, -0.2) is 4.99 Å². The van der Waals surface area contributed by atoms with Crippen molar-refractivity contribution in [2.24, 2.45) is 9.98 Å². The third kappa shape index (κ3) is 2.50. The van der Waals surface area contributed by atoms with Gasteiger partial charge in [0, 0.05) is 5.56 Å². The number of hydrogen-bond acceptors (Lipinski definition) is 5. The molecule has 6 heteroatoms. The van der Waals surface area contributed by atoms with Crippen LogP contribution < -0.4 is 5.32 Å². The Labute approximate surface area is 128 Å². The Kier molecular flexibility index (Phi) is 3.84. The minimum absolute atomic E-state index is 0.323. The Morgan fingerprint density at radius 1 is 1.29 bits per heavy atom. The number of thioether (sulfide) groups is 1. The molecule has 0 aliphatic carbocycles. The number of fused-ring (bicyclic) bond motifs is 1. The van der Waals surface area contributed by atoms with E-state index >= 15 is 0 Å². The SMILES string of the molecule is CCC[N+]1([O-])CNC(SC)=C2N=C(c3ccccc3)N=C21. The van der Waals surface area contributed by atoms with Gasteiger partial charge in [0.05, 0.1) is 6.54 Å². The molecule has 0 bridgehead atoms. The lowest BCUT2D eigenvalue weighted by Gasteiger charge is -2.44. The molecule has 5 nitrogen and oxygen atoms in total. The zero-order chi connectivity index (χ0) is 14.9. The van der Waals surface area contributed by atoms with E-state index in [0.29, 0.717) is 30.6 Å². The second-order valence-corrected chi connectivity index (χ2v) is 5.88. The molecule has 0 aromatic heterocycles. The molecule has 0 saturated heterocycles. The summed E-state index contributed by atoms with van der Waals surface area (Å²) in [5.74, 6) is 1.17. The molecule has 0 fully saturated rings. The van der Waals surface area contributed by atoms with Gasteiger partial charge in [0.2, 0.25) is 0 Å². The molecule has 0 spiro atoms. The molecule has 2 aliphatic heterocycles. The van der Waals surface area contributed by atoms with Crippen molar-refractivity contribution >= 4 is 23.4 Å². The zero-order valence-corrected chi connectivity index (χ0v) is 13.0. The van der Waals surface area contributed by atoms with E-state index in [1.54, 1.807) is 11.8 Å². The monoisotopic (exact) mass is 302 g/mol. The third-order valence-electron chi connectivity index (χ3n) is 3.56. The average molecular weight is 302 g/mol. The summed E-state index contributed by atoms with van der Waals surface area (Å²) < 4.78 is -0.449. The maximum atomic E-state index is 13.0. The Balaban J connectivity index is 2.07. The lowest BCUT2D eigenvalue weighted by atomic mass is 10.2. The van der Waals surface area contributed by atoms with E-state index in [2.05, 4.69) is 15.3 Å². The molecule has 21 heavy (non-hydrogen) atoms. The van der Waals surface area contributed by atoms with Crippen molar-refractivity contribution in [2.75, 3.05) is 19.5 Å².